The Hall–Kier alpha value is -0.830. The quantitative estimate of drug-likeness (QED) is 0.571. The lowest BCUT2D eigenvalue weighted by atomic mass is 9.83. The number of amides is 1. The summed E-state index contributed by atoms with van der Waals surface area (Å²) >= 11 is 0. The molecule has 2 rings (SSSR count). The van der Waals surface area contributed by atoms with E-state index in [4.69, 9.17) is 0 Å². The van der Waals surface area contributed by atoms with Crippen molar-refractivity contribution < 1.29 is 4.79 Å². The fourth-order valence-corrected chi connectivity index (χ4v) is 2.62. The number of hydrogen-bond donors (Lipinski definition) is 0. The summed E-state index contributed by atoms with van der Waals surface area (Å²) in [5.41, 5.74) is 1.07. The Labute approximate surface area is 78.0 Å². The lowest BCUT2D eigenvalue weighted by Crippen LogP contribution is -2.37. The van der Waals surface area contributed by atoms with Crippen LogP contribution in [0.4, 0.5) is 0 Å². The molecule has 72 valence electrons. The van der Waals surface area contributed by atoms with Crippen LogP contribution in [0.2, 0.25) is 0 Å². The van der Waals surface area contributed by atoms with Crippen molar-refractivity contribution in [1.82, 2.24) is 5.06 Å². The van der Waals surface area contributed by atoms with Crippen molar-refractivity contribution in [2.45, 2.75) is 26.7 Å². The van der Waals surface area contributed by atoms with Gasteiger partial charge in [0.15, 0.2) is 0 Å². The molecule has 1 amide bonds. The van der Waals surface area contributed by atoms with Gasteiger partial charge in [-0.05, 0) is 37.8 Å². The Morgan fingerprint density at radius 2 is 2.23 bits per heavy atom. The SMILES string of the molecule is CC1=CN([O-])C(=O)C2C(C)CCC12. The van der Waals surface area contributed by atoms with E-state index in [-0.39, 0.29) is 11.8 Å². The van der Waals surface area contributed by atoms with Crippen LogP contribution in [0.5, 0.6) is 0 Å². The van der Waals surface area contributed by atoms with Crippen LogP contribution in [-0.4, -0.2) is 11.0 Å². The molecular weight excluding hydrogens is 166 g/mol. The Kier molecular flexibility index (Phi) is 1.91. The van der Waals surface area contributed by atoms with Crippen LogP contribution >= 0.6 is 0 Å². The Bertz CT molecular complexity index is 272. The van der Waals surface area contributed by atoms with Crippen molar-refractivity contribution >= 4 is 5.91 Å². The average Bonchev–Trinajstić information content (AvgIpc) is 2.44. The van der Waals surface area contributed by atoms with E-state index in [1.165, 1.54) is 6.20 Å². The summed E-state index contributed by atoms with van der Waals surface area (Å²) in [6.07, 6.45) is 3.58. The van der Waals surface area contributed by atoms with Crippen molar-refractivity contribution in [3.63, 3.8) is 0 Å². The summed E-state index contributed by atoms with van der Waals surface area (Å²) in [7, 11) is 0. The van der Waals surface area contributed by atoms with E-state index in [9.17, 15) is 10.0 Å². The Balaban J connectivity index is 2.34. The molecule has 1 saturated carbocycles. The maximum Gasteiger partial charge on any atom is 0.219 e. The maximum absolute atomic E-state index is 11.5. The highest BCUT2D eigenvalue weighted by Gasteiger charge is 2.41. The molecule has 1 fully saturated rings. The largest absolute Gasteiger partial charge is 0.752 e. The third kappa shape index (κ3) is 1.18. The molecule has 0 saturated heterocycles. The van der Waals surface area contributed by atoms with Crippen LogP contribution in [0.25, 0.3) is 0 Å². The highest BCUT2D eigenvalue weighted by Crippen LogP contribution is 2.44. The van der Waals surface area contributed by atoms with Gasteiger partial charge >= 0.3 is 0 Å². The molecule has 0 spiro atoms. The molecule has 1 aliphatic heterocycles. The van der Waals surface area contributed by atoms with E-state index >= 15 is 0 Å². The lowest BCUT2D eigenvalue weighted by molar-refractivity contribution is -0.133. The van der Waals surface area contributed by atoms with E-state index in [2.05, 4.69) is 6.92 Å². The average molecular weight is 180 g/mol. The summed E-state index contributed by atoms with van der Waals surface area (Å²) in [5.74, 6) is 0.438. The standard InChI is InChI=1S/C10H14NO2/c1-6-3-4-8-7(2)5-11(13)10(12)9(6)8/h5-6,8-9H,3-4H2,1-2H3/q-1. The van der Waals surface area contributed by atoms with Gasteiger partial charge in [-0.15, -0.1) is 0 Å². The van der Waals surface area contributed by atoms with Crippen LogP contribution in [0.3, 0.4) is 0 Å². The first kappa shape index (κ1) is 8.75. The number of rotatable bonds is 0. The number of carbonyl (C=O) groups is 1. The molecule has 0 radical (unpaired) electrons. The summed E-state index contributed by atoms with van der Waals surface area (Å²) in [6, 6.07) is 0. The van der Waals surface area contributed by atoms with Gasteiger partial charge in [0.25, 0.3) is 0 Å². The molecule has 3 atom stereocenters. The summed E-state index contributed by atoms with van der Waals surface area (Å²) in [6.45, 7) is 4.02. The molecular formula is C10H14NO2-. The van der Waals surface area contributed by atoms with Crippen LogP contribution in [0, 0.1) is 23.0 Å². The van der Waals surface area contributed by atoms with Crippen molar-refractivity contribution in [3.8, 4) is 0 Å². The van der Waals surface area contributed by atoms with E-state index in [1.807, 2.05) is 6.92 Å². The van der Waals surface area contributed by atoms with Gasteiger partial charge in [-0.3, -0.25) is 4.79 Å². The molecule has 3 nitrogen and oxygen atoms in total. The topological polar surface area (TPSA) is 43.4 Å². The van der Waals surface area contributed by atoms with Crippen molar-refractivity contribution in [1.29, 1.82) is 0 Å². The second kappa shape index (κ2) is 2.84. The highest BCUT2D eigenvalue weighted by atomic mass is 16.5. The van der Waals surface area contributed by atoms with Gasteiger partial charge in [0.2, 0.25) is 5.91 Å². The van der Waals surface area contributed by atoms with Gasteiger partial charge < -0.3 is 10.3 Å². The third-order valence-corrected chi connectivity index (χ3v) is 3.39. The molecule has 1 heterocycles. The van der Waals surface area contributed by atoms with Gasteiger partial charge in [0, 0.05) is 5.92 Å². The minimum absolute atomic E-state index is 0.0394. The molecule has 0 bridgehead atoms. The minimum atomic E-state index is -0.236. The zero-order valence-corrected chi connectivity index (χ0v) is 7.99. The number of hydrogen-bond acceptors (Lipinski definition) is 2. The number of allylic oxidation sites excluding steroid dienone is 1. The predicted octanol–water partition coefficient (Wildman–Crippen LogP) is 1.89. The van der Waals surface area contributed by atoms with Crippen molar-refractivity contribution in [2.75, 3.05) is 0 Å². The molecule has 0 aromatic carbocycles. The molecule has 3 heteroatoms. The Morgan fingerprint density at radius 3 is 2.92 bits per heavy atom. The van der Waals surface area contributed by atoms with Crippen molar-refractivity contribution in [3.05, 3.63) is 17.0 Å². The predicted molar refractivity (Wildman–Crippen MR) is 49.3 cm³/mol. The summed E-state index contributed by atoms with van der Waals surface area (Å²) in [5, 5.41) is 11.7. The molecule has 0 aromatic rings. The first-order chi connectivity index (χ1) is 6.11. The zero-order valence-electron chi connectivity index (χ0n) is 7.99. The third-order valence-electron chi connectivity index (χ3n) is 3.39. The van der Waals surface area contributed by atoms with Gasteiger partial charge in [-0.2, -0.15) is 0 Å². The van der Waals surface area contributed by atoms with E-state index in [0.717, 1.165) is 18.4 Å². The first-order valence-corrected chi connectivity index (χ1v) is 4.80. The van der Waals surface area contributed by atoms with Crippen molar-refractivity contribution in [2.24, 2.45) is 17.8 Å². The number of hydroxylamine groups is 2. The van der Waals surface area contributed by atoms with Gasteiger partial charge in [0.05, 0.1) is 0 Å². The van der Waals surface area contributed by atoms with Crippen LogP contribution in [0.1, 0.15) is 26.7 Å². The normalized spacial score (nSPS) is 39.0. The molecule has 0 N–H and O–H groups in total. The minimum Gasteiger partial charge on any atom is -0.752 e. The lowest BCUT2D eigenvalue weighted by Gasteiger charge is -2.37. The molecule has 0 aromatic heterocycles. The van der Waals surface area contributed by atoms with Crippen LogP contribution in [-0.2, 0) is 4.79 Å². The van der Waals surface area contributed by atoms with Gasteiger partial charge in [0.1, 0.15) is 0 Å². The fraction of sp³-hybridized carbons (Fsp3) is 0.700. The Morgan fingerprint density at radius 1 is 1.54 bits per heavy atom. The molecule has 2 aliphatic rings. The van der Waals surface area contributed by atoms with E-state index in [0.29, 0.717) is 16.9 Å². The molecule has 13 heavy (non-hydrogen) atoms. The second-order valence-electron chi connectivity index (χ2n) is 4.22. The number of nitrogens with zero attached hydrogens (tertiary/aromatic N) is 1. The summed E-state index contributed by atoms with van der Waals surface area (Å²) < 4.78 is 0. The highest BCUT2D eigenvalue weighted by molar-refractivity contribution is 5.82. The smallest absolute Gasteiger partial charge is 0.219 e. The number of fused-ring (bicyclic) bond motifs is 1. The van der Waals surface area contributed by atoms with Crippen LogP contribution < -0.4 is 0 Å². The molecule has 3 unspecified atom stereocenters. The van der Waals surface area contributed by atoms with E-state index < -0.39 is 0 Å². The molecule has 1 aliphatic carbocycles. The maximum atomic E-state index is 11.5. The first-order valence-electron chi connectivity index (χ1n) is 4.80. The van der Waals surface area contributed by atoms with Gasteiger partial charge in [-0.25, -0.2) is 0 Å². The zero-order chi connectivity index (χ0) is 9.59. The van der Waals surface area contributed by atoms with Gasteiger partial charge in [-0.1, -0.05) is 12.5 Å². The number of carbonyl (C=O) groups excluding carboxylic acids is 1. The fourth-order valence-electron chi connectivity index (χ4n) is 2.62. The van der Waals surface area contributed by atoms with E-state index in [1.54, 1.807) is 0 Å². The van der Waals surface area contributed by atoms with Crippen LogP contribution in [0.15, 0.2) is 11.8 Å². The second-order valence-corrected chi connectivity index (χ2v) is 4.22. The monoisotopic (exact) mass is 180 g/mol. The summed E-state index contributed by atoms with van der Waals surface area (Å²) in [4.78, 5) is 11.5.